The van der Waals surface area contributed by atoms with Crippen LogP contribution >= 0.6 is 0 Å². The second-order valence-electron chi connectivity index (χ2n) is 5.27. The maximum Gasteiger partial charge on any atom is 0.335 e. The van der Waals surface area contributed by atoms with Crippen LogP contribution in [0.4, 0.5) is 0 Å². The molecule has 1 atom stereocenters. The van der Waals surface area contributed by atoms with Gasteiger partial charge in [-0.05, 0) is 57.1 Å². The number of nitrogens with one attached hydrogen (secondary N) is 1. The lowest BCUT2D eigenvalue weighted by Crippen LogP contribution is -2.40. The highest BCUT2D eigenvalue weighted by molar-refractivity contribution is 7.89. The van der Waals surface area contributed by atoms with Gasteiger partial charge in [0.2, 0.25) is 10.0 Å². The third-order valence-corrected chi connectivity index (χ3v) is 5.18. The molecule has 0 spiro atoms. The van der Waals surface area contributed by atoms with Crippen molar-refractivity contribution in [2.45, 2.75) is 30.7 Å². The molecule has 0 radical (unpaired) electrons. The van der Waals surface area contributed by atoms with Crippen LogP contribution < -0.4 is 4.72 Å². The molecule has 0 amide bonds. The Labute approximate surface area is 124 Å². The van der Waals surface area contributed by atoms with Crippen LogP contribution in [0.1, 0.15) is 30.1 Å². The molecule has 1 saturated heterocycles. The summed E-state index contributed by atoms with van der Waals surface area (Å²) in [4.78, 5) is 13.1. The summed E-state index contributed by atoms with van der Waals surface area (Å²) in [6.07, 6.45) is 2.32. The number of sulfonamides is 1. The lowest BCUT2D eigenvalue weighted by molar-refractivity contribution is 0.0696. The Hall–Kier alpha value is -1.44. The van der Waals surface area contributed by atoms with Gasteiger partial charge in [-0.1, -0.05) is 0 Å². The van der Waals surface area contributed by atoms with Gasteiger partial charge in [-0.15, -0.1) is 0 Å². The topological polar surface area (TPSA) is 86.7 Å². The van der Waals surface area contributed by atoms with Gasteiger partial charge in [-0.25, -0.2) is 17.9 Å². The van der Waals surface area contributed by atoms with Crippen LogP contribution in [0.25, 0.3) is 0 Å². The van der Waals surface area contributed by atoms with E-state index in [1.807, 2.05) is 6.92 Å². The number of carbonyl (C=O) groups is 1. The van der Waals surface area contributed by atoms with Crippen LogP contribution in [0, 0.1) is 0 Å². The number of hydrogen-bond donors (Lipinski definition) is 2. The average Bonchev–Trinajstić information content (AvgIpc) is 2.99. The molecule has 1 aliphatic rings. The molecule has 116 valence electrons. The molecule has 0 bridgehead atoms. The Kier molecular flexibility index (Phi) is 4.97. The molecule has 21 heavy (non-hydrogen) atoms. The molecule has 1 aromatic carbocycles. The van der Waals surface area contributed by atoms with Crippen LogP contribution in [0.3, 0.4) is 0 Å². The van der Waals surface area contributed by atoms with E-state index in [1.54, 1.807) is 0 Å². The fourth-order valence-electron chi connectivity index (χ4n) is 2.40. The summed E-state index contributed by atoms with van der Waals surface area (Å²) in [6.45, 7) is 4.37. The molecule has 1 heterocycles. The number of benzene rings is 1. The maximum absolute atomic E-state index is 12.2. The Balaban J connectivity index is 1.99. The molecular formula is C14H20N2O4S. The van der Waals surface area contributed by atoms with E-state index in [0.717, 1.165) is 25.9 Å². The highest BCUT2D eigenvalue weighted by Crippen LogP contribution is 2.13. The van der Waals surface area contributed by atoms with Gasteiger partial charge in [-0.3, -0.25) is 4.90 Å². The summed E-state index contributed by atoms with van der Waals surface area (Å²) < 4.78 is 26.9. The Bertz CT molecular complexity index is 592. The van der Waals surface area contributed by atoms with E-state index >= 15 is 0 Å². The fraction of sp³-hybridized carbons (Fsp3) is 0.500. The minimum atomic E-state index is -3.60. The number of hydrogen-bond acceptors (Lipinski definition) is 4. The average molecular weight is 312 g/mol. The lowest BCUT2D eigenvalue weighted by atomic mass is 10.2. The van der Waals surface area contributed by atoms with Gasteiger partial charge >= 0.3 is 5.97 Å². The Morgan fingerprint density at radius 1 is 1.29 bits per heavy atom. The highest BCUT2D eigenvalue weighted by Gasteiger charge is 2.21. The van der Waals surface area contributed by atoms with Crippen molar-refractivity contribution in [3.8, 4) is 0 Å². The number of likely N-dealkylation sites (tertiary alicyclic amines) is 1. The van der Waals surface area contributed by atoms with E-state index < -0.39 is 16.0 Å². The quantitative estimate of drug-likeness (QED) is 0.823. The first kappa shape index (κ1) is 15.9. The number of rotatable bonds is 6. The lowest BCUT2D eigenvalue weighted by Gasteiger charge is -2.23. The van der Waals surface area contributed by atoms with Crippen molar-refractivity contribution in [3.63, 3.8) is 0 Å². The van der Waals surface area contributed by atoms with Crippen LogP contribution in [0.15, 0.2) is 29.2 Å². The van der Waals surface area contributed by atoms with Gasteiger partial charge in [-0.2, -0.15) is 0 Å². The summed E-state index contributed by atoms with van der Waals surface area (Å²) in [5, 5.41) is 8.81. The standard InChI is InChI=1S/C14H20N2O4S/c1-11(16-8-2-3-9-16)10-15-21(19,20)13-6-4-12(5-7-13)14(17)18/h4-7,11,15H,2-3,8-10H2,1H3,(H,17,18). The highest BCUT2D eigenvalue weighted by atomic mass is 32.2. The zero-order valence-electron chi connectivity index (χ0n) is 11.9. The summed E-state index contributed by atoms with van der Waals surface area (Å²) in [5.74, 6) is -1.07. The number of carboxylic acids is 1. The van der Waals surface area contributed by atoms with E-state index in [1.165, 1.54) is 24.3 Å². The molecule has 1 aromatic rings. The largest absolute Gasteiger partial charge is 0.478 e. The van der Waals surface area contributed by atoms with Gasteiger partial charge < -0.3 is 5.11 Å². The molecule has 7 heteroatoms. The second kappa shape index (κ2) is 6.55. The predicted molar refractivity (Wildman–Crippen MR) is 78.9 cm³/mol. The van der Waals surface area contributed by atoms with Gasteiger partial charge in [0.25, 0.3) is 0 Å². The van der Waals surface area contributed by atoms with Gasteiger partial charge in [0.05, 0.1) is 10.5 Å². The molecular weight excluding hydrogens is 292 g/mol. The van der Waals surface area contributed by atoms with Crippen LogP contribution in [0.2, 0.25) is 0 Å². The third kappa shape index (κ3) is 4.03. The van der Waals surface area contributed by atoms with Crippen molar-refractivity contribution in [2.24, 2.45) is 0 Å². The predicted octanol–water partition coefficient (Wildman–Crippen LogP) is 1.15. The third-order valence-electron chi connectivity index (χ3n) is 3.74. The van der Waals surface area contributed by atoms with Gasteiger partial charge in [0, 0.05) is 12.6 Å². The van der Waals surface area contributed by atoms with E-state index in [0.29, 0.717) is 6.54 Å². The Morgan fingerprint density at radius 3 is 2.38 bits per heavy atom. The number of carboxylic acid groups (broad SMARTS) is 1. The van der Waals surface area contributed by atoms with Crippen LogP contribution in [-0.2, 0) is 10.0 Å². The summed E-state index contributed by atoms with van der Waals surface area (Å²) in [6, 6.07) is 5.36. The first-order valence-corrected chi connectivity index (χ1v) is 8.45. The molecule has 1 fully saturated rings. The van der Waals surface area contributed by atoms with E-state index in [-0.39, 0.29) is 16.5 Å². The smallest absolute Gasteiger partial charge is 0.335 e. The van der Waals surface area contributed by atoms with Crippen LogP contribution in [0.5, 0.6) is 0 Å². The van der Waals surface area contributed by atoms with E-state index in [4.69, 9.17) is 5.11 Å². The zero-order valence-corrected chi connectivity index (χ0v) is 12.8. The number of nitrogens with zero attached hydrogens (tertiary/aromatic N) is 1. The van der Waals surface area contributed by atoms with Crippen molar-refractivity contribution in [1.29, 1.82) is 0 Å². The maximum atomic E-state index is 12.2. The fourth-order valence-corrected chi connectivity index (χ4v) is 3.52. The molecule has 1 aliphatic heterocycles. The monoisotopic (exact) mass is 312 g/mol. The van der Waals surface area contributed by atoms with Crippen LogP contribution in [-0.4, -0.2) is 50.1 Å². The molecule has 0 aliphatic carbocycles. The molecule has 2 rings (SSSR count). The first-order valence-electron chi connectivity index (χ1n) is 6.97. The van der Waals surface area contributed by atoms with Crippen molar-refractivity contribution in [3.05, 3.63) is 29.8 Å². The minimum Gasteiger partial charge on any atom is -0.478 e. The molecule has 6 nitrogen and oxygen atoms in total. The SMILES string of the molecule is CC(CNS(=O)(=O)c1ccc(C(=O)O)cc1)N1CCCC1. The van der Waals surface area contributed by atoms with Crippen molar-refractivity contribution < 1.29 is 18.3 Å². The molecule has 0 saturated carbocycles. The second-order valence-corrected chi connectivity index (χ2v) is 7.04. The first-order chi connectivity index (χ1) is 9.90. The minimum absolute atomic E-state index is 0.0689. The number of aromatic carboxylic acids is 1. The van der Waals surface area contributed by atoms with Crippen molar-refractivity contribution >= 4 is 16.0 Å². The van der Waals surface area contributed by atoms with E-state index in [2.05, 4.69) is 9.62 Å². The van der Waals surface area contributed by atoms with Gasteiger partial charge in [0.1, 0.15) is 0 Å². The van der Waals surface area contributed by atoms with Gasteiger partial charge in [0.15, 0.2) is 0 Å². The Morgan fingerprint density at radius 2 is 1.86 bits per heavy atom. The summed E-state index contributed by atoms with van der Waals surface area (Å²) >= 11 is 0. The van der Waals surface area contributed by atoms with E-state index in [9.17, 15) is 13.2 Å². The summed E-state index contributed by atoms with van der Waals surface area (Å²) in [7, 11) is -3.60. The molecule has 1 unspecified atom stereocenters. The molecule has 0 aromatic heterocycles. The normalized spacial score (nSPS) is 17.8. The van der Waals surface area contributed by atoms with Crippen molar-refractivity contribution in [1.82, 2.24) is 9.62 Å². The van der Waals surface area contributed by atoms with Crippen molar-refractivity contribution in [2.75, 3.05) is 19.6 Å². The zero-order chi connectivity index (χ0) is 15.5. The molecule has 2 N–H and O–H groups in total. The summed E-state index contributed by atoms with van der Waals surface area (Å²) in [5.41, 5.74) is 0.0689.